The van der Waals surface area contributed by atoms with E-state index in [1.807, 2.05) is 24.3 Å². The number of nitrogens with one attached hydrogen (secondary N) is 1. The second kappa shape index (κ2) is 10.8. The molecule has 33 heavy (non-hydrogen) atoms. The lowest BCUT2D eigenvalue weighted by Crippen LogP contribution is -2.43. The minimum Gasteiger partial charge on any atom is -0.379 e. The van der Waals surface area contributed by atoms with E-state index >= 15 is 0 Å². The summed E-state index contributed by atoms with van der Waals surface area (Å²) in [6.45, 7) is 7.29. The molecule has 176 valence electrons. The number of rotatable bonds is 7. The minimum absolute atomic E-state index is 0.0823. The van der Waals surface area contributed by atoms with Crippen molar-refractivity contribution in [3.05, 3.63) is 65.2 Å². The summed E-state index contributed by atoms with van der Waals surface area (Å²) in [4.78, 5) is 29.1. The molecule has 0 aromatic heterocycles. The number of piperidine rings is 1. The zero-order valence-electron chi connectivity index (χ0n) is 19.3. The number of nitrogens with zero attached hydrogens (tertiary/aromatic N) is 2. The number of hydrogen-bond donors (Lipinski definition) is 2. The van der Waals surface area contributed by atoms with Crippen LogP contribution < -0.4 is 16.0 Å². The molecule has 2 heterocycles. The van der Waals surface area contributed by atoms with E-state index in [4.69, 9.17) is 10.5 Å². The molecule has 2 aromatic carbocycles. The first-order chi connectivity index (χ1) is 16.0. The highest BCUT2D eigenvalue weighted by Crippen LogP contribution is 2.24. The molecule has 2 aromatic rings. The second-order valence-electron chi connectivity index (χ2n) is 9.02. The monoisotopic (exact) mass is 450 g/mol. The van der Waals surface area contributed by atoms with Crippen molar-refractivity contribution in [1.29, 1.82) is 0 Å². The van der Waals surface area contributed by atoms with Gasteiger partial charge in [-0.15, -0.1) is 0 Å². The second-order valence-corrected chi connectivity index (χ2v) is 9.02. The van der Waals surface area contributed by atoms with Crippen molar-refractivity contribution in [2.24, 2.45) is 11.7 Å². The third-order valence-electron chi connectivity index (χ3n) is 6.69. The first-order valence-corrected chi connectivity index (χ1v) is 11.8. The first-order valence-electron chi connectivity index (χ1n) is 11.8. The van der Waals surface area contributed by atoms with Crippen LogP contribution in [0.3, 0.4) is 0 Å². The lowest BCUT2D eigenvalue weighted by atomic mass is 9.97. The van der Waals surface area contributed by atoms with E-state index in [-0.39, 0.29) is 23.8 Å². The van der Waals surface area contributed by atoms with Gasteiger partial charge < -0.3 is 20.7 Å². The quantitative estimate of drug-likeness (QED) is 0.677. The summed E-state index contributed by atoms with van der Waals surface area (Å²) in [6, 6.07) is 16.2. The summed E-state index contributed by atoms with van der Waals surface area (Å²) in [7, 11) is 0. The highest BCUT2D eigenvalue weighted by Gasteiger charge is 2.25. The Balaban J connectivity index is 1.40. The van der Waals surface area contributed by atoms with Gasteiger partial charge in [-0.1, -0.05) is 29.8 Å². The molecule has 7 heteroatoms. The third kappa shape index (κ3) is 5.92. The van der Waals surface area contributed by atoms with Gasteiger partial charge in [-0.05, 0) is 49.6 Å². The number of anilines is 1. The van der Waals surface area contributed by atoms with Gasteiger partial charge in [-0.2, -0.15) is 0 Å². The molecule has 0 saturated carbocycles. The van der Waals surface area contributed by atoms with Crippen molar-refractivity contribution in [2.75, 3.05) is 50.8 Å². The third-order valence-corrected chi connectivity index (χ3v) is 6.69. The SMILES string of the molecule is Cc1cccc(C(CNC(=O)c2ccc(N3CCCC(C(N)=O)C3)cc2)N2CCOCC2)c1. The molecule has 2 atom stereocenters. The van der Waals surface area contributed by atoms with E-state index in [2.05, 4.69) is 46.3 Å². The van der Waals surface area contributed by atoms with Crippen LogP contribution >= 0.6 is 0 Å². The van der Waals surface area contributed by atoms with E-state index in [1.165, 1.54) is 11.1 Å². The molecule has 2 unspecified atom stereocenters. The Morgan fingerprint density at radius 2 is 1.88 bits per heavy atom. The number of primary amides is 1. The predicted molar refractivity (Wildman–Crippen MR) is 129 cm³/mol. The normalized spacial score (nSPS) is 20.3. The van der Waals surface area contributed by atoms with E-state index in [1.54, 1.807) is 0 Å². The van der Waals surface area contributed by atoms with Gasteiger partial charge in [0.1, 0.15) is 0 Å². The number of nitrogens with two attached hydrogens (primary N) is 1. The van der Waals surface area contributed by atoms with Crippen LogP contribution in [0.2, 0.25) is 0 Å². The number of carbonyl (C=O) groups excluding carboxylic acids is 2. The number of amides is 2. The standard InChI is InChI=1S/C26H34N4O3/c1-19-4-2-5-21(16-19)24(29-12-14-33-15-13-29)17-28-26(32)20-7-9-23(10-8-20)30-11-3-6-22(18-30)25(27)31/h2,4-5,7-10,16,22,24H,3,6,11-15,17-18H2,1H3,(H2,27,31)(H,28,32). The molecule has 3 N–H and O–H groups in total. The van der Waals surface area contributed by atoms with Crippen molar-refractivity contribution < 1.29 is 14.3 Å². The van der Waals surface area contributed by atoms with Crippen LogP contribution in [0.25, 0.3) is 0 Å². The topological polar surface area (TPSA) is 87.9 Å². The fourth-order valence-electron chi connectivity index (χ4n) is 4.78. The number of morpholine rings is 1. The molecule has 2 saturated heterocycles. The van der Waals surface area contributed by atoms with Crippen LogP contribution in [-0.2, 0) is 9.53 Å². The summed E-state index contributed by atoms with van der Waals surface area (Å²) in [5, 5.41) is 3.14. The molecule has 2 amide bonds. The molecule has 7 nitrogen and oxygen atoms in total. The number of aryl methyl sites for hydroxylation is 1. The molecule has 2 aliphatic rings. The first kappa shape index (κ1) is 23.3. The maximum atomic E-state index is 12.9. The average molecular weight is 451 g/mol. The van der Waals surface area contributed by atoms with Gasteiger partial charge >= 0.3 is 0 Å². The van der Waals surface area contributed by atoms with Crippen molar-refractivity contribution in [2.45, 2.75) is 25.8 Å². The van der Waals surface area contributed by atoms with Gasteiger partial charge in [0.25, 0.3) is 5.91 Å². The molecular weight excluding hydrogens is 416 g/mol. The summed E-state index contributed by atoms with van der Waals surface area (Å²) in [5.74, 6) is -0.430. The molecule has 0 radical (unpaired) electrons. The Morgan fingerprint density at radius 1 is 1.12 bits per heavy atom. The summed E-state index contributed by atoms with van der Waals surface area (Å²) < 4.78 is 5.53. The van der Waals surface area contributed by atoms with Gasteiger partial charge in [-0.3, -0.25) is 14.5 Å². The number of carbonyl (C=O) groups is 2. The Kier molecular flexibility index (Phi) is 7.62. The summed E-state index contributed by atoms with van der Waals surface area (Å²) >= 11 is 0. The highest BCUT2D eigenvalue weighted by atomic mass is 16.5. The van der Waals surface area contributed by atoms with Gasteiger partial charge in [-0.25, -0.2) is 0 Å². The van der Waals surface area contributed by atoms with Crippen LogP contribution in [0.15, 0.2) is 48.5 Å². The molecule has 0 bridgehead atoms. The van der Waals surface area contributed by atoms with Gasteiger partial charge in [0, 0.05) is 44.0 Å². The van der Waals surface area contributed by atoms with Crippen molar-refractivity contribution in [3.8, 4) is 0 Å². The Bertz CT molecular complexity index is 956. The van der Waals surface area contributed by atoms with Crippen LogP contribution in [0, 0.1) is 12.8 Å². The molecule has 2 aliphatic heterocycles. The van der Waals surface area contributed by atoms with E-state index in [0.717, 1.165) is 38.2 Å². The Morgan fingerprint density at radius 3 is 2.58 bits per heavy atom. The zero-order valence-corrected chi connectivity index (χ0v) is 19.3. The largest absolute Gasteiger partial charge is 0.379 e. The zero-order chi connectivity index (χ0) is 23.2. The lowest BCUT2D eigenvalue weighted by molar-refractivity contribution is -0.122. The van der Waals surface area contributed by atoms with Gasteiger partial charge in [0.15, 0.2) is 0 Å². The predicted octanol–water partition coefficient (Wildman–Crippen LogP) is 2.50. The van der Waals surface area contributed by atoms with Crippen molar-refractivity contribution >= 4 is 17.5 Å². The molecule has 0 spiro atoms. The Labute approximate surface area is 195 Å². The van der Waals surface area contributed by atoms with E-state index in [9.17, 15) is 9.59 Å². The fraction of sp³-hybridized carbons (Fsp3) is 0.462. The van der Waals surface area contributed by atoms with Gasteiger partial charge in [0.05, 0.1) is 25.2 Å². The van der Waals surface area contributed by atoms with Gasteiger partial charge in [0.2, 0.25) is 5.91 Å². The van der Waals surface area contributed by atoms with Crippen LogP contribution in [0.1, 0.15) is 40.4 Å². The highest BCUT2D eigenvalue weighted by molar-refractivity contribution is 5.94. The van der Waals surface area contributed by atoms with Crippen molar-refractivity contribution in [1.82, 2.24) is 10.2 Å². The summed E-state index contributed by atoms with van der Waals surface area (Å²) in [5.41, 5.74) is 9.57. The van der Waals surface area contributed by atoms with Crippen LogP contribution in [0.5, 0.6) is 0 Å². The van der Waals surface area contributed by atoms with E-state index < -0.39 is 0 Å². The molecular formula is C26H34N4O3. The maximum Gasteiger partial charge on any atom is 0.251 e. The molecule has 4 rings (SSSR count). The maximum absolute atomic E-state index is 12.9. The van der Waals surface area contributed by atoms with Crippen molar-refractivity contribution in [3.63, 3.8) is 0 Å². The molecule has 0 aliphatic carbocycles. The fourth-order valence-corrected chi connectivity index (χ4v) is 4.78. The minimum atomic E-state index is -0.237. The van der Waals surface area contributed by atoms with Crippen LogP contribution in [0.4, 0.5) is 5.69 Å². The smallest absolute Gasteiger partial charge is 0.251 e. The lowest BCUT2D eigenvalue weighted by Gasteiger charge is -2.35. The number of benzene rings is 2. The average Bonchev–Trinajstić information content (AvgIpc) is 2.85. The number of hydrogen-bond acceptors (Lipinski definition) is 5. The molecule has 2 fully saturated rings. The van der Waals surface area contributed by atoms with Crippen LogP contribution in [-0.4, -0.2) is 62.7 Å². The van der Waals surface area contributed by atoms with E-state index in [0.29, 0.717) is 31.9 Å². The number of ether oxygens (including phenoxy) is 1. The Hall–Kier alpha value is -2.90. The summed E-state index contributed by atoms with van der Waals surface area (Å²) in [6.07, 6.45) is 1.79.